The van der Waals surface area contributed by atoms with E-state index in [0.717, 1.165) is 54.9 Å². The Labute approximate surface area is 337 Å². The molecule has 6 rings (SSSR count). The summed E-state index contributed by atoms with van der Waals surface area (Å²) in [6.07, 6.45) is 0.648. The van der Waals surface area contributed by atoms with Crippen LogP contribution in [0.25, 0.3) is 11.1 Å². The first-order valence-corrected chi connectivity index (χ1v) is 21.0. The fraction of sp³-hybridized carbons (Fsp3) is 0.262. The van der Waals surface area contributed by atoms with Crippen molar-refractivity contribution in [3.8, 4) is 11.1 Å². The smallest absolute Gasteiger partial charge is 0.293 e. The minimum absolute atomic E-state index is 0.0774. The van der Waals surface area contributed by atoms with Crippen molar-refractivity contribution in [1.29, 1.82) is 0 Å². The van der Waals surface area contributed by atoms with E-state index in [-0.39, 0.29) is 27.6 Å². The van der Waals surface area contributed by atoms with Gasteiger partial charge in [0.15, 0.2) is 0 Å². The summed E-state index contributed by atoms with van der Waals surface area (Å²) < 4.78 is 28.7. The Morgan fingerprint density at radius 1 is 0.893 bits per heavy atom. The van der Waals surface area contributed by atoms with Crippen LogP contribution in [-0.4, -0.2) is 80.7 Å². The highest BCUT2D eigenvalue weighted by Gasteiger charge is 2.26. The normalized spacial score (nSPS) is 14.6. The number of anilines is 2. The van der Waals surface area contributed by atoms with Gasteiger partial charge in [-0.2, -0.15) is 0 Å². The van der Waals surface area contributed by atoms with Gasteiger partial charge in [-0.25, -0.2) is 13.1 Å². The molecule has 0 unspecified atom stereocenters. The Hall–Kier alpha value is -4.92. The van der Waals surface area contributed by atoms with Crippen molar-refractivity contribution in [2.75, 3.05) is 50.5 Å². The third-order valence-electron chi connectivity index (χ3n) is 9.69. The molecule has 0 radical (unpaired) electrons. The van der Waals surface area contributed by atoms with E-state index in [1.807, 2.05) is 81.7 Å². The number of carbonyl (C=O) groups is 1. The summed E-state index contributed by atoms with van der Waals surface area (Å²) in [6, 6.07) is 36.5. The van der Waals surface area contributed by atoms with Crippen molar-refractivity contribution in [2.24, 2.45) is 0 Å². The fourth-order valence-corrected chi connectivity index (χ4v) is 8.98. The summed E-state index contributed by atoms with van der Waals surface area (Å²) in [7, 11) is -0.466. The number of piperazine rings is 1. The number of nitro benzene ring substituents is 1. The van der Waals surface area contributed by atoms with E-state index in [1.54, 1.807) is 36.0 Å². The maximum atomic E-state index is 13.3. The van der Waals surface area contributed by atoms with Gasteiger partial charge in [-0.3, -0.25) is 24.7 Å². The quantitative estimate of drug-likeness (QED) is 0.0462. The molecule has 14 heteroatoms. The molecule has 0 aliphatic carbocycles. The number of hydrogen-bond acceptors (Lipinski definition) is 10. The number of nitrogens with zero attached hydrogens (tertiary/aromatic N) is 4. The third kappa shape index (κ3) is 10.5. The van der Waals surface area contributed by atoms with Crippen LogP contribution in [0.5, 0.6) is 0 Å². The zero-order valence-electron chi connectivity index (χ0n) is 31.5. The standard InChI is InChI=1S/C42H45ClN6O5S2/c1-30(27-41(46(2)3)55-36-10-5-4-6-11-36)44-39-22-21-37(28-40(39)49(51)52)56(53,54)45-42(50)32-15-19-35(20-16-32)48-25-23-47(24-26-48)29-33-9-7-8-12-38(33)31-13-17-34(43)18-14-31/h4-22,28,30,41,44H,23-27,29H2,1-3H3,(H,45,50)/t30-,41+/m1/s1. The van der Waals surface area contributed by atoms with Crippen LogP contribution in [0.15, 0.2) is 131 Å². The maximum Gasteiger partial charge on any atom is 0.293 e. The SMILES string of the molecule is C[C@H](C[C@H](Sc1ccccc1)N(C)C)Nc1ccc(S(=O)(=O)NC(=O)c2ccc(N3CCN(Cc4ccccc4-c4ccc(Cl)cc4)CC3)cc2)cc1[N+](=O)[O-]. The highest BCUT2D eigenvalue weighted by atomic mass is 35.5. The van der Waals surface area contributed by atoms with Gasteiger partial charge in [0.1, 0.15) is 5.69 Å². The molecule has 2 atom stereocenters. The molecule has 56 heavy (non-hydrogen) atoms. The number of hydrogen-bond donors (Lipinski definition) is 2. The molecule has 1 aliphatic heterocycles. The molecular formula is C42H45ClN6O5S2. The van der Waals surface area contributed by atoms with E-state index < -0.39 is 26.5 Å². The summed E-state index contributed by atoms with van der Waals surface area (Å²) in [5, 5.41) is 16.1. The van der Waals surface area contributed by atoms with E-state index in [0.29, 0.717) is 11.4 Å². The topological polar surface area (TPSA) is 128 Å². The van der Waals surface area contributed by atoms with Gasteiger partial charge in [0.05, 0.1) is 15.2 Å². The molecule has 1 heterocycles. The monoisotopic (exact) mass is 812 g/mol. The highest BCUT2D eigenvalue weighted by molar-refractivity contribution is 7.99. The van der Waals surface area contributed by atoms with Crippen molar-refractivity contribution in [2.45, 2.75) is 41.1 Å². The largest absolute Gasteiger partial charge is 0.377 e. The first-order valence-electron chi connectivity index (χ1n) is 18.3. The van der Waals surface area contributed by atoms with Crippen LogP contribution in [0, 0.1) is 10.1 Å². The van der Waals surface area contributed by atoms with E-state index in [4.69, 9.17) is 11.6 Å². The van der Waals surface area contributed by atoms with Crippen LogP contribution in [0.4, 0.5) is 17.1 Å². The number of rotatable bonds is 15. The Balaban J connectivity index is 1.04. The summed E-state index contributed by atoms with van der Waals surface area (Å²) in [4.78, 5) is 32.1. The summed E-state index contributed by atoms with van der Waals surface area (Å²) in [5.41, 5.74) is 4.42. The van der Waals surface area contributed by atoms with Crippen molar-refractivity contribution in [3.63, 3.8) is 0 Å². The number of nitro groups is 1. The second-order valence-electron chi connectivity index (χ2n) is 14.0. The van der Waals surface area contributed by atoms with E-state index in [9.17, 15) is 23.3 Å². The molecule has 0 spiro atoms. The van der Waals surface area contributed by atoms with Crippen LogP contribution in [0.1, 0.15) is 29.3 Å². The molecule has 1 amide bonds. The number of nitrogens with one attached hydrogen (secondary N) is 2. The second-order valence-corrected chi connectivity index (χ2v) is 17.3. The average molecular weight is 813 g/mol. The van der Waals surface area contributed by atoms with E-state index >= 15 is 0 Å². The number of carbonyl (C=O) groups excluding carboxylic acids is 1. The molecule has 11 nitrogen and oxygen atoms in total. The predicted octanol–water partition coefficient (Wildman–Crippen LogP) is 8.23. The molecule has 5 aromatic carbocycles. The molecule has 5 aromatic rings. The summed E-state index contributed by atoms with van der Waals surface area (Å²) in [6.45, 7) is 6.00. The lowest BCUT2D eigenvalue weighted by Crippen LogP contribution is -2.46. The molecule has 0 aromatic heterocycles. The van der Waals surface area contributed by atoms with Crippen LogP contribution in [0.2, 0.25) is 5.02 Å². The van der Waals surface area contributed by atoms with Gasteiger partial charge in [-0.15, -0.1) is 11.8 Å². The average Bonchev–Trinajstić information content (AvgIpc) is 3.19. The predicted molar refractivity (Wildman–Crippen MR) is 226 cm³/mol. The van der Waals surface area contributed by atoms with E-state index in [2.05, 4.69) is 42.9 Å². The van der Waals surface area contributed by atoms with Crippen molar-refractivity contribution >= 4 is 56.4 Å². The third-order valence-corrected chi connectivity index (χ3v) is 12.7. The molecule has 0 bridgehead atoms. The van der Waals surface area contributed by atoms with Crippen LogP contribution < -0.4 is 14.9 Å². The highest BCUT2D eigenvalue weighted by Crippen LogP contribution is 2.32. The molecular weight excluding hydrogens is 768 g/mol. The zero-order chi connectivity index (χ0) is 39.8. The van der Waals surface area contributed by atoms with Crippen molar-refractivity contribution < 1.29 is 18.1 Å². The minimum atomic E-state index is -4.42. The maximum absolute atomic E-state index is 13.3. The lowest BCUT2D eigenvalue weighted by Gasteiger charge is -2.36. The van der Waals surface area contributed by atoms with Crippen molar-refractivity contribution in [1.82, 2.24) is 14.5 Å². The summed E-state index contributed by atoms with van der Waals surface area (Å²) in [5.74, 6) is -0.829. The van der Waals surface area contributed by atoms with Crippen LogP contribution in [-0.2, 0) is 16.6 Å². The van der Waals surface area contributed by atoms with Gasteiger partial charge in [0.2, 0.25) is 0 Å². The number of halogens is 1. The van der Waals surface area contributed by atoms with Gasteiger partial charge in [-0.1, -0.05) is 66.2 Å². The lowest BCUT2D eigenvalue weighted by atomic mass is 9.99. The molecule has 1 fully saturated rings. The van der Waals surface area contributed by atoms with Gasteiger partial charge < -0.3 is 10.2 Å². The van der Waals surface area contributed by atoms with Gasteiger partial charge in [0, 0.05) is 66.0 Å². The molecule has 1 aliphatic rings. The Kier molecular flexibility index (Phi) is 13.3. The first kappa shape index (κ1) is 40.7. The lowest BCUT2D eigenvalue weighted by molar-refractivity contribution is -0.384. The van der Waals surface area contributed by atoms with Crippen LogP contribution >= 0.6 is 23.4 Å². The second kappa shape index (κ2) is 18.4. The molecule has 1 saturated heterocycles. The van der Waals surface area contributed by atoms with E-state index in [1.165, 1.54) is 23.3 Å². The first-order chi connectivity index (χ1) is 26.9. The number of benzene rings is 5. The number of thioether (sulfide) groups is 1. The fourth-order valence-electron chi connectivity index (χ4n) is 6.64. The number of sulfonamides is 1. The van der Waals surface area contributed by atoms with Gasteiger partial charge >= 0.3 is 0 Å². The Morgan fingerprint density at radius 2 is 1.55 bits per heavy atom. The van der Waals surface area contributed by atoms with Crippen molar-refractivity contribution in [3.05, 3.63) is 148 Å². The Bertz CT molecular complexity index is 2230. The molecule has 292 valence electrons. The van der Waals surface area contributed by atoms with Gasteiger partial charge in [-0.05, 0) is 105 Å². The van der Waals surface area contributed by atoms with Gasteiger partial charge in [0.25, 0.3) is 21.6 Å². The summed E-state index contributed by atoms with van der Waals surface area (Å²) >= 11 is 7.80. The zero-order valence-corrected chi connectivity index (χ0v) is 33.9. The molecule has 2 N–H and O–H groups in total. The molecule has 0 saturated carbocycles. The van der Waals surface area contributed by atoms with Crippen LogP contribution in [0.3, 0.4) is 0 Å². The number of amides is 1. The Morgan fingerprint density at radius 3 is 2.21 bits per heavy atom. The minimum Gasteiger partial charge on any atom is -0.377 e.